The van der Waals surface area contributed by atoms with E-state index in [1.165, 1.54) is 0 Å². The van der Waals surface area contributed by atoms with Crippen molar-refractivity contribution in [2.75, 3.05) is 14.2 Å². The fraction of sp³-hybridized carbons (Fsp3) is 0.647. The molecule has 0 aliphatic carbocycles. The minimum absolute atomic E-state index is 0.0765. The minimum atomic E-state index is -0.480. The SMILES string of the molecule is C=CCC[C@@]1(C/C=C/C)N=C(OC)C(C(C)C)N=C1OC. The number of hydrogen-bond donors (Lipinski definition) is 0. The summed E-state index contributed by atoms with van der Waals surface area (Å²) in [6.07, 6.45) is 8.45. The van der Waals surface area contributed by atoms with Crippen LogP contribution in [-0.4, -0.2) is 37.6 Å². The maximum absolute atomic E-state index is 5.59. The predicted molar refractivity (Wildman–Crippen MR) is 89.1 cm³/mol. The van der Waals surface area contributed by atoms with Gasteiger partial charge in [-0.3, -0.25) is 0 Å². The molecular formula is C17H28N2O2. The van der Waals surface area contributed by atoms with Crippen LogP contribution >= 0.6 is 0 Å². The van der Waals surface area contributed by atoms with Gasteiger partial charge >= 0.3 is 0 Å². The molecule has 21 heavy (non-hydrogen) atoms. The summed E-state index contributed by atoms with van der Waals surface area (Å²) < 4.78 is 11.1. The maximum Gasteiger partial charge on any atom is 0.213 e. The second-order valence-corrected chi connectivity index (χ2v) is 5.61. The molecule has 2 atom stereocenters. The van der Waals surface area contributed by atoms with Crippen LogP contribution in [0.1, 0.15) is 40.0 Å². The molecule has 1 rings (SSSR count). The van der Waals surface area contributed by atoms with Gasteiger partial charge < -0.3 is 9.47 Å². The van der Waals surface area contributed by atoms with Gasteiger partial charge in [-0.15, -0.1) is 6.58 Å². The van der Waals surface area contributed by atoms with E-state index in [0.29, 0.717) is 17.7 Å². The first-order valence-corrected chi connectivity index (χ1v) is 7.52. The quantitative estimate of drug-likeness (QED) is 0.699. The molecule has 0 aromatic carbocycles. The summed E-state index contributed by atoms with van der Waals surface area (Å²) in [5.74, 6) is 1.70. The van der Waals surface area contributed by atoms with Gasteiger partial charge in [0.15, 0.2) is 0 Å². The molecule has 0 radical (unpaired) electrons. The molecule has 0 aromatic rings. The van der Waals surface area contributed by atoms with Gasteiger partial charge in [0.25, 0.3) is 0 Å². The van der Waals surface area contributed by atoms with E-state index in [2.05, 4.69) is 26.5 Å². The van der Waals surface area contributed by atoms with Crippen LogP contribution in [0.25, 0.3) is 0 Å². The normalized spacial score (nSPS) is 25.7. The zero-order valence-corrected chi connectivity index (χ0v) is 13.9. The molecule has 0 bridgehead atoms. The number of aliphatic imine (C=N–C) groups is 2. The highest BCUT2D eigenvalue weighted by molar-refractivity contribution is 5.97. The van der Waals surface area contributed by atoms with Gasteiger partial charge in [-0.05, 0) is 32.1 Å². The van der Waals surface area contributed by atoms with Gasteiger partial charge in [0.05, 0.1) is 14.2 Å². The lowest BCUT2D eigenvalue weighted by atomic mass is 9.87. The van der Waals surface area contributed by atoms with E-state index in [1.54, 1.807) is 14.2 Å². The maximum atomic E-state index is 5.59. The number of hydrogen-bond acceptors (Lipinski definition) is 4. The highest BCUT2D eigenvalue weighted by Crippen LogP contribution is 2.32. The van der Waals surface area contributed by atoms with Crippen molar-refractivity contribution in [3.05, 3.63) is 24.8 Å². The van der Waals surface area contributed by atoms with Gasteiger partial charge in [-0.25, -0.2) is 9.98 Å². The van der Waals surface area contributed by atoms with Crippen molar-refractivity contribution in [2.45, 2.75) is 51.6 Å². The van der Waals surface area contributed by atoms with Crippen molar-refractivity contribution in [3.63, 3.8) is 0 Å². The molecule has 4 nitrogen and oxygen atoms in total. The molecule has 118 valence electrons. The molecule has 0 N–H and O–H groups in total. The summed E-state index contributed by atoms with van der Waals surface area (Å²) in [6.45, 7) is 10.0. The van der Waals surface area contributed by atoms with Gasteiger partial charge in [0.2, 0.25) is 11.8 Å². The fourth-order valence-electron chi connectivity index (χ4n) is 2.52. The molecule has 1 aliphatic rings. The number of ether oxygens (including phenoxy) is 2. The third-order valence-corrected chi connectivity index (χ3v) is 3.72. The van der Waals surface area contributed by atoms with E-state index in [1.807, 2.05) is 19.1 Å². The molecular weight excluding hydrogens is 264 g/mol. The van der Waals surface area contributed by atoms with Crippen LogP contribution in [0.5, 0.6) is 0 Å². The van der Waals surface area contributed by atoms with E-state index in [9.17, 15) is 0 Å². The molecule has 4 heteroatoms. The van der Waals surface area contributed by atoms with Crippen molar-refractivity contribution in [2.24, 2.45) is 15.9 Å². The van der Waals surface area contributed by atoms with Crippen LogP contribution in [0.3, 0.4) is 0 Å². The summed E-state index contributed by atoms with van der Waals surface area (Å²) in [7, 11) is 3.33. The van der Waals surface area contributed by atoms with E-state index in [-0.39, 0.29) is 6.04 Å². The van der Waals surface area contributed by atoms with Gasteiger partial charge in [-0.1, -0.05) is 32.1 Å². The largest absolute Gasteiger partial charge is 0.483 e. The standard InChI is InChI=1S/C17H28N2O2/c1-7-9-11-17(12-10-8-2)16(21-6)18-14(13(3)4)15(19-17)20-5/h7-8,10,13-14H,1,9,11-12H2,2-6H3/b10-8+/t14?,17-/m0/s1. The molecule has 0 saturated carbocycles. The first kappa shape index (κ1) is 17.5. The second-order valence-electron chi connectivity index (χ2n) is 5.61. The van der Waals surface area contributed by atoms with Crippen LogP contribution in [0.2, 0.25) is 0 Å². The Hall–Kier alpha value is -1.58. The zero-order chi connectivity index (χ0) is 15.9. The summed E-state index contributed by atoms with van der Waals surface area (Å²) in [5.41, 5.74) is -0.480. The Morgan fingerprint density at radius 2 is 2.05 bits per heavy atom. The molecule has 0 fully saturated rings. The molecule has 0 amide bonds. The third-order valence-electron chi connectivity index (χ3n) is 3.72. The monoisotopic (exact) mass is 292 g/mol. The van der Waals surface area contributed by atoms with Crippen LogP contribution < -0.4 is 0 Å². The Balaban J connectivity index is 3.26. The Morgan fingerprint density at radius 1 is 1.33 bits per heavy atom. The summed E-state index contributed by atoms with van der Waals surface area (Å²) in [6, 6.07) is -0.0765. The highest BCUT2D eigenvalue weighted by atomic mass is 16.5. The van der Waals surface area contributed by atoms with Crippen LogP contribution in [0.4, 0.5) is 0 Å². The first-order chi connectivity index (χ1) is 10.0. The topological polar surface area (TPSA) is 43.2 Å². The van der Waals surface area contributed by atoms with E-state index >= 15 is 0 Å². The van der Waals surface area contributed by atoms with E-state index < -0.39 is 5.54 Å². The van der Waals surface area contributed by atoms with Crippen LogP contribution in [-0.2, 0) is 9.47 Å². The number of rotatable bonds is 6. The third kappa shape index (κ3) is 3.96. The van der Waals surface area contributed by atoms with Crippen molar-refractivity contribution in [1.29, 1.82) is 0 Å². The van der Waals surface area contributed by atoms with Crippen molar-refractivity contribution in [3.8, 4) is 0 Å². The lowest BCUT2D eigenvalue weighted by Crippen LogP contribution is -2.46. The minimum Gasteiger partial charge on any atom is -0.483 e. The molecule has 0 spiro atoms. The van der Waals surface area contributed by atoms with Crippen molar-refractivity contribution >= 4 is 11.8 Å². The van der Waals surface area contributed by atoms with Gasteiger partial charge in [-0.2, -0.15) is 0 Å². The Labute approximate surface area is 128 Å². The van der Waals surface area contributed by atoms with Gasteiger partial charge in [0, 0.05) is 0 Å². The lowest BCUT2D eigenvalue weighted by Gasteiger charge is -2.35. The van der Waals surface area contributed by atoms with Crippen molar-refractivity contribution < 1.29 is 9.47 Å². The number of nitrogens with zero attached hydrogens (tertiary/aromatic N) is 2. The number of methoxy groups -OCH3 is 2. The summed E-state index contributed by atoms with van der Waals surface area (Å²) >= 11 is 0. The highest BCUT2D eigenvalue weighted by Gasteiger charge is 2.42. The van der Waals surface area contributed by atoms with Crippen LogP contribution in [0, 0.1) is 5.92 Å². The second kappa shape index (κ2) is 8.01. The summed E-state index contributed by atoms with van der Waals surface area (Å²) in [4.78, 5) is 9.68. The average Bonchev–Trinajstić information content (AvgIpc) is 2.50. The number of allylic oxidation sites excluding steroid dienone is 2. The lowest BCUT2D eigenvalue weighted by molar-refractivity contribution is 0.298. The Bertz CT molecular complexity index is 438. The van der Waals surface area contributed by atoms with Crippen molar-refractivity contribution in [1.82, 2.24) is 0 Å². The van der Waals surface area contributed by atoms with E-state index in [0.717, 1.165) is 19.3 Å². The molecule has 0 saturated heterocycles. The predicted octanol–water partition coefficient (Wildman–Crippen LogP) is 3.79. The Morgan fingerprint density at radius 3 is 2.52 bits per heavy atom. The molecule has 1 heterocycles. The molecule has 0 aromatic heterocycles. The first-order valence-electron chi connectivity index (χ1n) is 7.52. The van der Waals surface area contributed by atoms with E-state index in [4.69, 9.17) is 19.5 Å². The summed E-state index contributed by atoms with van der Waals surface area (Å²) in [5, 5.41) is 0. The fourth-order valence-corrected chi connectivity index (χ4v) is 2.52. The molecule has 1 aliphatic heterocycles. The van der Waals surface area contributed by atoms with Gasteiger partial charge in [0.1, 0.15) is 11.6 Å². The van der Waals surface area contributed by atoms with Crippen LogP contribution in [0.15, 0.2) is 34.8 Å². The molecule has 1 unspecified atom stereocenters. The Kier molecular flexibility index (Phi) is 6.66. The zero-order valence-electron chi connectivity index (χ0n) is 13.9. The average molecular weight is 292 g/mol. The smallest absolute Gasteiger partial charge is 0.213 e.